The maximum Gasteiger partial charge on any atom is 0.157 e. The van der Waals surface area contributed by atoms with Gasteiger partial charge >= 0.3 is 0 Å². The molecule has 0 amide bonds. The van der Waals surface area contributed by atoms with E-state index < -0.39 is 14.6 Å². The predicted molar refractivity (Wildman–Crippen MR) is 71.2 cm³/mol. The van der Waals surface area contributed by atoms with Crippen molar-refractivity contribution in [2.24, 2.45) is 0 Å². The van der Waals surface area contributed by atoms with Crippen molar-refractivity contribution in [3.8, 4) is 0 Å². The van der Waals surface area contributed by atoms with Gasteiger partial charge < -0.3 is 5.11 Å². The van der Waals surface area contributed by atoms with Gasteiger partial charge in [-0.05, 0) is 34.6 Å². The zero-order valence-electron chi connectivity index (χ0n) is 11.7. The molecule has 0 aromatic carbocycles. The van der Waals surface area contributed by atoms with Crippen LogP contribution in [0.25, 0.3) is 0 Å². The summed E-state index contributed by atoms with van der Waals surface area (Å²) in [4.78, 5) is 0. The van der Waals surface area contributed by atoms with Gasteiger partial charge in [-0.2, -0.15) is 5.10 Å². The molecule has 1 aromatic heterocycles. The summed E-state index contributed by atoms with van der Waals surface area (Å²) in [5.41, 5.74) is 2.37. The molecular weight excluding hydrogens is 252 g/mol. The van der Waals surface area contributed by atoms with Crippen LogP contribution < -0.4 is 0 Å². The van der Waals surface area contributed by atoms with E-state index in [0.29, 0.717) is 6.54 Å². The summed E-state index contributed by atoms with van der Waals surface area (Å²) >= 11 is 0. The van der Waals surface area contributed by atoms with Gasteiger partial charge in [0.2, 0.25) is 0 Å². The summed E-state index contributed by atoms with van der Waals surface area (Å²) in [6, 6.07) is 0. The van der Waals surface area contributed by atoms with Crippen LogP contribution in [0.3, 0.4) is 0 Å². The van der Waals surface area contributed by atoms with Crippen LogP contribution >= 0.6 is 0 Å². The SMILES string of the molecule is Cc1nn(CCS(=O)(=O)C(C)(C)C)c(C)c1CO. The van der Waals surface area contributed by atoms with Crippen LogP contribution in [0.5, 0.6) is 0 Å². The Morgan fingerprint density at radius 3 is 2.22 bits per heavy atom. The summed E-state index contributed by atoms with van der Waals surface area (Å²) < 4.78 is 24.9. The minimum absolute atomic E-state index is 0.0589. The summed E-state index contributed by atoms with van der Waals surface area (Å²) in [5, 5.41) is 13.5. The van der Waals surface area contributed by atoms with Gasteiger partial charge in [-0.15, -0.1) is 0 Å². The molecule has 0 spiro atoms. The van der Waals surface area contributed by atoms with E-state index in [4.69, 9.17) is 0 Å². The van der Waals surface area contributed by atoms with Crippen molar-refractivity contribution >= 4 is 9.84 Å². The monoisotopic (exact) mass is 274 g/mol. The fourth-order valence-electron chi connectivity index (χ4n) is 1.69. The number of nitrogens with zero attached hydrogens (tertiary/aromatic N) is 2. The Morgan fingerprint density at radius 2 is 1.83 bits per heavy atom. The second-order valence-electron chi connectivity index (χ2n) is 5.46. The Bertz CT molecular complexity index is 524. The predicted octanol–water partition coefficient (Wildman–Crippen LogP) is 1.21. The van der Waals surface area contributed by atoms with Crippen molar-refractivity contribution in [3.63, 3.8) is 0 Å². The Kier molecular flexibility index (Phi) is 4.23. The van der Waals surface area contributed by atoms with E-state index in [1.165, 1.54) is 0 Å². The molecule has 6 heteroatoms. The minimum atomic E-state index is -3.15. The zero-order valence-corrected chi connectivity index (χ0v) is 12.5. The molecule has 1 aromatic rings. The molecule has 18 heavy (non-hydrogen) atoms. The van der Waals surface area contributed by atoms with Crippen molar-refractivity contribution < 1.29 is 13.5 Å². The first kappa shape index (κ1) is 15.2. The van der Waals surface area contributed by atoms with Crippen LogP contribution in [0.15, 0.2) is 0 Å². The quantitative estimate of drug-likeness (QED) is 0.895. The Hall–Kier alpha value is -0.880. The van der Waals surface area contributed by atoms with Gasteiger partial charge in [-0.3, -0.25) is 4.68 Å². The highest BCUT2D eigenvalue weighted by Crippen LogP contribution is 2.18. The van der Waals surface area contributed by atoms with Gasteiger partial charge in [0.1, 0.15) is 0 Å². The second-order valence-corrected chi connectivity index (χ2v) is 8.32. The lowest BCUT2D eigenvalue weighted by atomic mass is 10.2. The third-order valence-electron chi connectivity index (χ3n) is 3.19. The van der Waals surface area contributed by atoms with E-state index in [1.54, 1.807) is 25.5 Å². The molecule has 1 rings (SSSR count). The highest BCUT2D eigenvalue weighted by molar-refractivity contribution is 7.92. The topological polar surface area (TPSA) is 72.2 Å². The van der Waals surface area contributed by atoms with Gasteiger partial charge in [0, 0.05) is 11.3 Å². The molecule has 0 bridgehead atoms. The Balaban J connectivity index is 2.89. The average Bonchev–Trinajstić information content (AvgIpc) is 2.49. The zero-order chi connectivity index (χ0) is 14.1. The Labute approximate surface area is 109 Å². The van der Waals surface area contributed by atoms with E-state index in [9.17, 15) is 13.5 Å². The van der Waals surface area contributed by atoms with Crippen LogP contribution in [0.1, 0.15) is 37.7 Å². The number of aryl methyl sites for hydroxylation is 2. The summed E-state index contributed by atoms with van der Waals surface area (Å²) in [7, 11) is -3.15. The largest absolute Gasteiger partial charge is 0.392 e. The highest BCUT2D eigenvalue weighted by atomic mass is 32.2. The van der Waals surface area contributed by atoms with Crippen molar-refractivity contribution in [1.82, 2.24) is 9.78 Å². The van der Waals surface area contributed by atoms with Crippen LogP contribution in [0.2, 0.25) is 0 Å². The molecule has 1 N–H and O–H groups in total. The van der Waals surface area contributed by atoms with Crippen molar-refractivity contribution in [1.29, 1.82) is 0 Å². The second kappa shape index (κ2) is 5.01. The van der Waals surface area contributed by atoms with Crippen LogP contribution in [-0.2, 0) is 23.0 Å². The van der Waals surface area contributed by atoms with Crippen LogP contribution in [-0.4, -0.2) is 33.8 Å². The number of hydrogen-bond acceptors (Lipinski definition) is 4. The lowest BCUT2D eigenvalue weighted by molar-refractivity contribution is 0.280. The molecule has 5 nitrogen and oxygen atoms in total. The number of sulfone groups is 1. The minimum Gasteiger partial charge on any atom is -0.392 e. The van der Waals surface area contributed by atoms with Gasteiger partial charge in [-0.1, -0.05) is 0 Å². The summed E-state index contributed by atoms with van der Waals surface area (Å²) in [6.45, 7) is 9.01. The van der Waals surface area contributed by atoms with Gasteiger partial charge in [0.25, 0.3) is 0 Å². The van der Waals surface area contributed by atoms with Crippen molar-refractivity contribution in [2.45, 2.75) is 52.5 Å². The maximum absolute atomic E-state index is 12.0. The molecule has 0 saturated carbocycles. The van der Waals surface area contributed by atoms with E-state index in [-0.39, 0.29) is 12.4 Å². The van der Waals surface area contributed by atoms with E-state index in [1.807, 2.05) is 13.8 Å². The van der Waals surface area contributed by atoms with Gasteiger partial charge in [0.15, 0.2) is 9.84 Å². The molecule has 0 radical (unpaired) electrons. The molecule has 0 atom stereocenters. The van der Waals surface area contributed by atoms with Gasteiger partial charge in [-0.25, -0.2) is 8.42 Å². The molecule has 0 unspecified atom stereocenters. The fraction of sp³-hybridized carbons (Fsp3) is 0.750. The fourth-order valence-corrected chi connectivity index (χ4v) is 2.72. The molecule has 0 aliphatic heterocycles. The van der Waals surface area contributed by atoms with Crippen molar-refractivity contribution in [3.05, 3.63) is 17.0 Å². The number of rotatable bonds is 4. The van der Waals surface area contributed by atoms with Crippen molar-refractivity contribution in [2.75, 3.05) is 5.75 Å². The summed E-state index contributed by atoms with van der Waals surface area (Å²) in [6.07, 6.45) is 0. The summed E-state index contributed by atoms with van der Waals surface area (Å²) in [5.74, 6) is 0.0589. The number of aliphatic hydroxyl groups excluding tert-OH is 1. The van der Waals surface area contributed by atoms with E-state index >= 15 is 0 Å². The standard InChI is InChI=1S/C12H22N2O3S/c1-9-11(8-15)10(2)14(13-9)6-7-18(16,17)12(3,4)5/h15H,6-8H2,1-5H3. The van der Waals surface area contributed by atoms with Crippen LogP contribution in [0, 0.1) is 13.8 Å². The third kappa shape index (κ3) is 2.92. The number of hydrogen-bond donors (Lipinski definition) is 1. The van der Waals surface area contributed by atoms with E-state index in [0.717, 1.165) is 17.0 Å². The molecule has 1 heterocycles. The first-order chi connectivity index (χ1) is 8.10. The smallest absolute Gasteiger partial charge is 0.157 e. The molecule has 0 aliphatic carbocycles. The molecular formula is C12H22N2O3S. The number of aromatic nitrogens is 2. The Morgan fingerprint density at radius 1 is 1.28 bits per heavy atom. The highest BCUT2D eigenvalue weighted by Gasteiger charge is 2.28. The lowest BCUT2D eigenvalue weighted by Gasteiger charge is -2.19. The molecule has 104 valence electrons. The average molecular weight is 274 g/mol. The first-order valence-corrected chi connectivity index (χ1v) is 7.61. The third-order valence-corrected chi connectivity index (χ3v) is 5.78. The lowest BCUT2D eigenvalue weighted by Crippen LogP contribution is -2.32. The molecule has 0 fully saturated rings. The van der Waals surface area contributed by atoms with E-state index in [2.05, 4.69) is 5.10 Å². The maximum atomic E-state index is 12.0. The molecule has 0 saturated heterocycles. The normalized spacial score (nSPS) is 13.0. The first-order valence-electron chi connectivity index (χ1n) is 5.96. The van der Waals surface area contributed by atoms with Gasteiger partial charge in [0.05, 0.1) is 29.3 Å². The molecule has 0 aliphatic rings. The van der Waals surface area contributed by atoms with Crippen LogP contribution in [0.4, 0.5) is 0 Å². The number of aliphatic hydroxyl groups is 1.